The number of hydrogen-bond acceptors (Lipinski definition) is 4. The monoisotopic (exact) mass is 251 g/mol. The van der Waals surface area contributed by atoms with Crippen molar-refractivity contribution in [3.63, 3.8) is 0 Å². The van der Waals surface area contributed by atoms with Gasteiger partial charge in [0, 0.05) is 6.42 Å². The molecule has 5 nitrogen and oxygen atoms in total. The van der Waals surface area contributed by atoms with Gasteiger partial charge in [0.05, 0.1) is 0 Å². The van der Waals surface area contributed by atoms with Crippen molar-refractivity contribution < 1.29 is 19.9 Å². The number of hydrogen-bond donors (Lipinski definition) is 4. The molecule has 0 radical (unpaired) electrons. The number of aliphatic carboxylic acids is 1. The predicted octanol–water partition coefficient (Wildman–Crippen LogP) is -0.653. The fraction of sp³-hybridized carbons (Fsp3) is 0.417. The first-order chi connectivity index (χ1) is 8.27. The van der Waals surface area contributed by atoms with E-state index < -0.39 is 18.6 Å². The lowest BCUT2D eigenvalue weighted by Crippen LogP contribution is -2.54. The third-order valence-corrected chi connectivity index (χ3v) is 3.20. The second-order valence-corrected chi connectivity index (χ2v) is 4.79. The van der Waals surface area contributed by atoms with Crippen LogP contribution in [0.1, 0.15) is 19.4 Å². The molecule has 1 rings (SSSR count). The van der Waals surface area contributed by atoms with Gasteiger partial charge in [0.25, 0.3) is 0 Å². The van der Waals surface area contributed by atoms with Crippen LogP contribution in [0.15, 0.2) is 24.3 Å². The molecule has 0 aliphatic carbocycles. The largest absolute Gasteiger partial charge is 0.488 e. The molecule has 1 aromatic carbocycles. The summed E-state index contributed by atoms with van der Waals surface area (Å²) in [7, 11) is -1.52. The van der Waals surface area contributed by atoms with Crippen LogP contribution < -0.4 is 11.2 Å². The summed E-state index contributed by atoms with van der Waals surface area (Å²) in [5.41, 5.74) is 5.71. The molecule has 0 aromatic heterocycles. The lowest BCUT2D eigenvalue weighted by molar-refractivity contribution is -0.145. The van der Waals surface area contributed by atoms with E-state index in [2.05, 4.69) is 0 Å². The first-order valence-electron chi connectivity index (χ1n) is 5.74. The van der Waals surface area contributed by atoms with Crippen LogP contribution in [0, 0.1) is 5.92 Å². The molecule has 0 bridgehead atoms. The summed E-state index contributed by atoms with van der Waals surface area (Å²) < 4.78 is 0. The lowest BCUT2D eigenvalue weighted by Gasteiger charge is -2.29. The smallest absolute Gasteiger partial charge is 0.480 e. The SMILES string of the molecule is CC(C)C(N)(Cc1ccc(B(O)O)cc1)C(=O)O. The summed E-state index contributed by atoms with van der Waals surface area (Å²) in [6, 6.07) is 6.40. The highest BCUT2D eigenvalue weighted by Gasteiger charge is 2.37. The van der Waals surface area contributed by atoms with E-state index in [1.165, 1.54) is 0 Å². The maximum Gasteiger partial charge on any atom is 0.488 e. The van der Waals surface area contributed by atoms with Crippen molar-refractivity contribution in [3.8, 4) is 0 Å². The van der Waals surface area contributed by atoms with Gasteiger partial charge in [0.15, 0.2) is 0 Å². The molecule has 6 heteroatoms. The summed E-state index contributed by atoms with van der Waals surface area (Å²) in [5.74, 6) is -1.25. The molecule has 0 heterocycles. The van der Waals surface area contributed by atoms with Crippen molar-refractivity contribution in [2.24, 2.45) is 11.7 Å². The average molecular weight is 251 g/mol. The highest BCUT2D eigenvalue weighted by Crippen LogP contribution is 2.20. The fourth-order valence-electron chi connectivity index (χ4n) is 1.67. The summed E-state index contributed by atoms with van der Waals surface area (Å²) in [5, 5.41) is 27.1. The first-order valence-corrected chi connectivity index (χ1v) is 5.74. The predicted molar refractivity (Wildman–Crippen MR) is 69.4 cm³/mol. The summed E-state index contributed by atoms with van der Waals surface area (Å²) in [4.78, 5) is 11.2. The quantitative estimate of drug-likeness (QED) is 0.520. The molecular weight excluding hydrogens is 233 g/mol. The van der Waals surface area contributed by atoms with Crippen LogP contribution in [0.2, 0.25) is 0 Å². The Hall–Kier alpha value is -1.37. The van der Waals surface area contributed by atoms with Gasteiger partial charge in [-0.1, -0.05) is 38.1 Å². The van der Waals surface area contributed by atoms with Gasteiger partial charge in [-0.3, -0.25) is 4.79 Å². The van der Waals surface area contributed by atoms with Gasteiger partial charge in [0.2, 0.25) is 0 Å². The zero-order valence-electron chi connectivity index (χ0n) is 10.5. The molecule has 98 valence electrons. The van der Waals surface area contributed by atoms with E-state index in [0.29, 0.717) is 5.46 Å². The lowest BCUT2D eigenvalue weighted by atomic mass is 9.78. The van der Waals surface area contributed by atoms with Gasteiger partial charge >= 0.3 is 13.1 Å². The van der Waals surface area contributed by atoms with E-state index in [9.17, 15) is 9.90 Å². The van der Waals surface area contributed by atoms with E-state index in [1.807, 2.05) is 0 Å². The minimum Gasteiger partial charge on any atom is -0.480 e. The maximum absolute atomic E-state index is 11.2. The molecule has 5 N–H and O–H groups in total. The second kappa shape index (κ2) is 5.52. The van der Waals surface area contributed by atoms with Crippen molar-refractivity contribution in [1.82, 2.24) is 0 Å². The Bertz CT molecular complexity index is 419. The Labute approximate surface area is 106 Å². The first kappa shape index (κ1) is 14.7. The van der Waals surface area contributed by atoms with Gasteiger partial charge in [0.1, 0.15) is 5.54 Å². The van der Waals surface area contributed by atoms with Crippen LogP contribution in [-0.4, -0.2) is 33.8 Å². The highest BCUT2D eigenvalue weighted by molar-refractivity contribution is 6.58. The number of rotatable bonds is 5. The number of carboxylic acid groups (broad SMARTS) is 1. The standard InChI is InChI=1S/C12H18BNO4/c1-8(2)12(14,11(15)16)7-9-3-5-10(6-4-9)13(17)18/h3-6,8,17-18H,7,14H2,1-2H3,(H,15,16). The van der Waals surface area contributed by atoms with Gasteiger partial charge in [-0.25, -0.2) is 0 Å². The highest BCUT2D eigenvalue weighted by atomic mass is 16.4. The van der Waals surface area contributed by atoms with Gasteiger partial charge < -0.3 is 20.9 Å². The van der Waals surface area contributed by atoms with E-state index in [4.69, 9.17) is 15.8 Å². The van der Waals surface area contributed by atoms with Crippen molar-refractivity contribution in [2.45, 2.75) is 25.8 Å². The van der Waals surface area contributed by atoms with Crippen molar-refractivity contribution >= 4 is 18.6 Å². The van der Waals surface area contributed by atoms with Crippen molar-refractivity contribution in [3.05, 3.63) is 29.8 Å². The number of nitrogens with two attached hydrogens (primary N) is 1. The molecule has 18 heavy (non-hydrogen) atoms. The molecule has 0 amide bonds. The number of carboxylic acids is 1. The Kier molecular flexibility index (Phi) is 4.50. The van der Waals surface area contributed by atoms with Crippen LogP contribution in [0.25, 0.3) is 0 Å². The van der Waals surface area contributed by atoms with Crippen LogP contribution in [-0.2, 0) is 11.2 Å². The Morgan fingerprint density at radius 1 is 1.33 bits per heavy atom. The minimum absolute atomic E-state index is 0.196. The summed E-state index contributed by atoms with van der Waals surface area (Å²) >= 11 is 0. The minimum atomic E-state index is -1.52. The summed E-state index contributed by atoms with van der Waals surface area (Å²) in [6.45, 7) is 3.53. The topological polar surface area (TPSA) is 104 Å². The van der Waals surface area contributed by atoms with Gasteiger partial charge in [-0.15, -0.1) is 0 Å². The van der Waals surface area contributed by atoms with Crippen LogP contribution in [0.3, 0.4) is 0 Å². The molecule has 0 saturated carbocycles. The maximum atomic E-state index is 11.2. The van der Waals surface area contributed by atoms with Crippen molar-refractivity contribution in [1.29, 1.82) is 0 Å². The second-order valence-electron chi connectivity index (χ2n) is 4.79. The number of carbonyl (C=O) groups is 1. The third kappa shape index (κ3) is 3.10. The van der Waals surface area contributed by atoms with Crippen LogP contribution in [0.4, 0.5) is 0 Å². The molecule has 1 unspecified atom stereocenters. The number of benzene rings is 1. The molecule has 0 fully saturated rings. The van der Waals surface area contributed by atoms with Crippen LogP contribution >= 0.6 is 0 Å². The zero-order chi connectivity index (χ0) is 13.9. The van der Waals surface area contributed by atoms with E-state index >= 15 is 0 Å². The van der Waals surface area contributed by atoms with Gasteiger partial charge in [-0.05, 0) is 16.9 Å². The Morgan fingerprint density at radius 3 is 2.17 bits per heavy atom. The molecule has 0 aliphatic rings. The molecule has 1 aromatic rings. The molecule has 0 aliphatic heterocycles. The average Bonchev–Trinajstić information content (AvgIpc) is 2.29. The van der Waals surface area contributed by atoms with E-state index in [-0.39, 0.29) is 12.3 Å². The normalized spacial score (nSPS) is 14.3. The molecular formula is C12H18BNO4. The molecule has 0 spiro atoms. The fourth-order valence-corrected chi connectivity index (χ4v) is 1.67. The van der Waals surface area contributed by atoms with Crippen LogP contribution in [0.5, 0.6) is 0 Å². The molecule has 1 atom stereocenters. The van der Waals surface area contributed by atoms with E-state index in [1.54, 1.807) is 38.1 Å². The van der Waals surface area contributed by atoms with Gasteiger partial charge in [-0.2, -0.15) is 0 Å². The Balaban J connectivity index is 2.92. The van der Waals surface area contributed by atoms with Crippen molar-refractivity contribution in [2.75, 3.05) is 0 Å². The summed E-state index contributed by atoms with van der Waals surface area (Å²) in [6.07, 6.45) is 0.196. The third-order valence-electron chi connectivity index (χ3n) is 3.20. The molecule has 0 saturated heterocycles. The van der Waals surface area contributed by atoms with E-state index in [0.717, 1.165) is 5.56 Å². The zero-order valence-corrected chi connectivity index (χ0v) is 10.5. The Morgan fingerprint density at radius 2 is 1.83 bits per heavy atom.